The lowest BCUT2D eigenvalue weighted by Crippen LogP contribution is -2.34. The predicted octanol–water partition coefficient (Wildman–Crippen LogP) is 3.13. The van der Waals surface area contributed by atoms with E-state index in [0.29, 0.717) is 19.1 Å². The number of likely N-dealkylation sites (N-methyl/N-ethyl adjacent to an activating group) is 1. The molecule has 116 valence electrons. The minimum Gasteiger partial charge on any atom is -0.491 e. The Hall–Kier alpha value is -0.770. The van der Waals surface area contributed by atoms with Crippen LogP contribution in [0, 0.1) is 12.8 Å². The molecule has 0 amide bonds. The molecule has 0 fully saturated rings. The molecule has 1 rings (SSSR count). The van der Waals surface area contributed by atoms with Gasteiger partial charge in [0.25, 0.3) is 0 Å². The van der Waals surface area contributed by atoms with Gasteiger partial charge in [0.15, 0.2) is 0 Å². The molecule has 0 aliphatic carbocycles. The van der Waals surface area contributed by atoms with E-state index in [4.69, 9.17) is 4.74 Å². The first kappa shape index (κ1) is 19.2. The lowest BCUT2D eigenvalue weighted by Gasteiger charge is -2.21. The molecular weight excluding hydrogens is 274 g/mol. The number of hydrogen-bond donors (Lipinski definition) is 1. The van der Waals surface area contributed by atoms with Crippen LogP contribution in [0.4, 0.5) is 0 Å². The summed E-state index contributed by atoms with van der Waals surface area (Å²) in [6.07, 6.45) is 0.707. The number of rotatable bonds is 8. The van der Waals surface area contributed by atoms with Gasteiger partial charge in [-0.15, -0.1) is 12.4 Å². The first-order chi connectivity index (χ1) is 8.99. The first-order valence-electron chi connectivity index (χ1n) is 7.04. The van der Waals surface area contributed by atoms with Crippen molar-refractivity contribution in [3.8, 4) is 5.75 Å². The summed E-state index contributed by atoms with van der Waals surface area (Å²) in [6.45, 7) is 8.45. The molecule has 0 spiro atoms. The number of ether oxygens (including phenoxy) is 1. The summed E-state index contributed by atoms with van der Waals surface area (Å²) in [7, 11) is 2.04. The van der Waals surface area contributed by atoms with Crippen molar-refractivity contribution in [1.82, 2.24) is 4.90 Å². The summed E-state index contributed by atoms with van der Waals surface area (Å²) < 4.78 is 5.65. The Morgan fingerprint density at radius 2 is 1.90 bits per heavy atom. The highest BCUT2D eigenvalue weighted by atomic mass is 35.5. The number of hydrogen-bond acceptors (Lipinski definition) is 3. The second-order valence-corrected chi connectivity index (χ2v) is 5.68. The van der Waals surface area contributed by atoms with Crippen LogP contribution in [0.5, 0.6) is 5.75 Å². The molecule has 1 unspecified atom stereocenters. The quantitative estimate of drug-likeness (QED) is 0.801. The molecule has 0 saturated carbocycles. The van der Waals surface area contributed by atoms with Gasteiger partial charge in [-0.2, -0.15) is 0 Å². The normalized spacial score (nSPS) is 12.3. The van der Waals surface area contributed by atoms with Gasteiger partial charge in [0, 0.05) is 6.54 Å². The van der Waals surface area contributed by atoms with Crippen molar-refractivity contribution in [2.24, 2.45) is 5.92 Å². The van der Waals surface area contributed by atoms with Gasteiger partial charge in [0.1, 0.15) is 18.5 Å². The Morgan fingerprint density at radius 1 is 1.25 bits per heavy atom. The Kier molecular flexibility index (Phi) is 9.64. The summed E-state index contributed by atoms with van der Waals surface area (Å²) in [6, 6.07) is 7.88. The van der Waals surface area contributed by atoms with Crippen LogP contribution in [-0.2, 0) is 0 Å². The third kappa shape index (κ3) is 7.73. The fraction of sp³-hybridized carbons (Fsp3) is 0.625. The molecule has 3 nitrogen and oxygen atoms in total. The highest BCUT2D eigenvalue weighted by molar-refractivity contribution is 5.85. The van der Waals surface area contributed by atoms with Crippen LogP contribution < -0.4 is 4.74 Å². The third-order valence-electron chi connectivity index (χ3n) is 3.14. The zero-order chi connectivity index (χ0) is 14.3. The van der Waals surface area contributed by atoms with E-state index >= 15 is 0 Å². The van der Waals surface area contributed by atoms with Gasteiger partial charge >= 0.3 is 0 Å². The maximum atomic E-state index is 9.97. The summed E-state index contributed by atoms with van der Waals surface area (Å²) in [4.78, 5) is 2.16. The molecule has 0 saturated heterocycles. The summed E-state index contributed by atoms with van der Waals surface area (Å²) in [5, 5.41) is 9.97. The molecule has 0 radical (unpaired) electrons. The van der Waals surface area contributed by atoms with Gasteiger partial charge in [0.2, 0.25) is 0 Å². The average molecular weight is 302 g/mol. The van der Waals surface area contributed by atoms with Gasteiger partial charge in [-0.05, 0) is 44.5 Å². The molecule has 1 N–H and O–H groups in total. The van der Waals surface area contributed by atoms with E-state index < -0.39 is 6.10 Å². The van der Waals surface area contributed by atoms with Crippen molar-refractivity contribution in [1.29, 1.82) is 0 Å². The first-order valence-corrected chi connectivity index (χ1v) is 7.04. The molecule has 0 heterocycles. The summed E-state index contributed by atoms with van der Waals surface area (Å²) in [5.74, 6) is 1.55. The number of para-hydroxylation sites is 1. The van der Waals surface area contributed by atoms with Gasteiger partial charge in [-0.3, -0.25) is 0 Å². The zero-order valence-corrected chi connectivity index (χ0v) is 13.8. The Labute approximate surface area is 129 Å². The van der Waals surface area contributed by atoms with E-state index in [-0.39, 0.29) is 12.4 Å². The highest BCUT2D eigenvalue weighted by Crippen LogP contribution is 2.16. The lowest BCUT2D eigenvalue weighted by atomic mass is 10.1. The van der Waals surface area contributed by atoms with Crippen LogP contribution in [0.3, 0.4) is 0 Å². The van der Waals surface area contributed by atoms with E-state index in [2.05, 4.69) is 18.7 Å². The van der Waals surface area contributed by atoms with Gasteiger partial charge in [-0.1, -0.05) is 32.0 Å². The zero-order valence-electron chi connectivity index (χ0n) is 13.0. The molecule has 0 aliphatic rings. The molecule has 0 bridgehead atoms. The van der Waals surface area contributed by atoms with E-state index in [9.17, 15) is 5.11 Å². The number of nitrogens with zero attached hydrogens (tertiary/aromatic N) is 1. The second-order valence-electron chi connectivity index (χ2n) is 5.68. The van der Waals surface area contributed by atoms with E-state index in [0.717, 1.165) is 24.3 Å². The molecule has 0 aliphatic heterocycles. The standard InChI is InChI=1S/C16H27NO2.ClH/c1-13(2)9-10-17(4)11-15(18)12-19-16-8-6-5-7-14(16)3;/h5-8,13,15,18H,9-12H2,1-4H3;1H. The average Bonchev–Trinajstić information content (AvgIpc) is 2.35. The van der Waals surface area contributed by atoms with Gasteiger partial charge in [0.05, 0.1) is 0 Å². The number of aliphatic hydroxyl groups excluding tert-OH is 1. The molecule has 4 heteroatoms. The molecule has 1 aromatic carbocycles. The smallest absolute Gasteiger partial charge is 0.122 e. The van der Waals surface area contributed by atoms with Crippen molar-refractivity contribution in [2.75, 3.05) is 26.7 Å². The van der Waals surface area contributed by atoms with Crippen molar-refractivity contribution < 1.29 is 9.84 Å². The number of aryl methyl sites for hydroxylation is 1. The SMILES string of the molecule is Cc1ccccc1OCC(O)CN(C)CCC(C)C.Cl. The monoisotopic (exact) mass is 301 g/mol. The second kappa shape index (κ2) is 10.0. The van der Waals surface area contributed by atoms with Crippen molar-refractivity contribution >= 4 is 12.4 Å². The Bertz CT molecular complexity index is 371. The Balaban J connectivity index is 0.00000361. The van der Waals surface area contributed by atoms with Crippen molar-refractivity contribution in [3.63, 3.8) is 0 Å². The fourth-order valence-electron chi connectivity index (χ4n) is 1.89. The molecule has 1 atom stereocenters. The van der Waals surface area contributed by atoms with Crippen molar-refractivity contribution in [3.05, 3.63) is 29.8 Å². The maximum Gasteiger partial charge on any atom is 0.122 e. The van der Waals surface area contributed by atoms with Crippen LogP contribution in [0.25, 0.3) is 0 Å². The van der Waals surface area contributed by atoms with Crippen molar-refractivity contribution in [2.45, 2.75) is 33.3 Å². The van der Waals surface area contributed by atoms with Crippen LogP contribution in [0.2, 0.25) is 0 Å². The largest absolute Gasteiger partial charge is 0.491 e. The molecule has 20 heavy (non-hydrogen) atoms. The number of aliphatic hydroxyl groups is 1. The summed E-state index contributed by atoms with van der Waals surface area (Å²) >= 11 is 0. The van der Waals surface area contributed by atoms with Crippen LogP contribution in [0.1, 0.15) is 25.8 Å². The third-order valence-corrected chi connectivity index (χ3v) is 3.14. The highest BCUT2D eigenvalue weighted by Gasteiger charge is 2.10. The number of benzene rings is 1. The van der Waals surface area contributed by atoms with E-state index in [1.54, 1.807) is 0 Å². The predicted molar refractivity (Wildman–Crippen MR) is 86.9 cm³/mol. The topological polar surface area (TPSA) is 32.7 Å². The van der Waals surface area contributed by atoms with Gasteiger partial charge in [-0.25, -0.2) is 0 Å². The molecular formula is C16H28ClNO2. The van der Waals surface area contributed by atoms with E-state index in [1.165, 1.54) is 0 Å². The molecule has 1 aromatic rings. The number of halogens is 1. The Morgan fingerprint density at radius 3 is 2.50 bits per heavy atom. The minimum atomic E-state index is -0.447. The lowest BCUT2D eigenvalue weighted by molar-refractivity contribution is 0.0749. The van der Waals surface area contributed by atoms with Crippen LogP contribution >= 0.6 is 12.4 Å². The van der Waals surface area contributed by atoms with Crippen LogP contribution in [0.15, 0.2) is 24.3 Å². The summed E-state index contributed by atoms with van der Waals surface area (Å²) in [5.41, 5.74) is 1.10. The molecule has 0 aromatic heterocycles. The van der Waals surface area contributed by atoms with Crippen LogP contribution in [-0.4, -0.2) is 42.9 Å². The maximum absolute atomic E-state index is 9.97. The van der Waals surface area contributed by atoms with Gasteiger partial charge < -0.3 is 14.7 Å². The van der Waals surface area contributed by atoms with E-state index in [1.807, 2.05) is 38.2 Å². The minimum absolute atomic E-state index is 0. The fourth-order valence-corrected chi connectivity index (χ4v) is 1.89.